The predicted octanol–water partition coefficient (Wildman–Crippen LogP) is 2.40. The number of benzene rings is 1. The molecule has 3 fully saturated rings. The van der Waals surface area contributed by atoms with Crippen molar-refractivity contribution >= 4 is 29.2 Å². The first kappa shape index (κ1) is 22.3. The Hall–Kier alpha value is -1.87. The molecule has 3 amide bonds. The molecule has 170 valence electrons. The normalized spacial score (nSPS) is 28.8. The van der Waals surface area contributed by atoms with Gasteiger partial charge in [0.1, 0.15) is 6.10 Å². The van der Waals surface area contributed by atoms with Gasteiger partial charge < -0.3 is 30.1 Å². The molecular weight excluding hydrogens is 422 g/mol. The molecule has 0 bridgehead atoms. The Morgan fingerprint density at radius 2 is 1.90 bits per heavy atom. The lowest BCUT2D eigenvalue weighted by Gasteiger charge is -2.44. The van der Waals surface area contributed by atoms with Crippen molar-refractivity contribution in [3.05, 3.63) is 29.3 Å². The Labute approximate surface area is 187 Å². The van der Waals surface area contributed by atoms with Crippen LogP contribution in [0.3, 0.4) is 0 Å². The van der Waals surface area contributed by atoms with Crippen LogP contribution in [0.2, 0.25) is 5.02 Å². The van der Waals surface area contributed by atoms with E-state index in [1.165, 1.54) is 12.8 Å². The van der Waals surface area contributed by atoms with Gasteiger partial charge in [-0.25, -0.2) is 4.79 Å². The van der Waals surface area contributed by atoms with Gasteiger partial charge in [0, 0.05) is 17.3 Å². The van der Waals surface area contributed by atoms with Crippen LogP contribution < -0.4 is 10.6 Å². The highest BCUT2D eigenvalue weighted by atomic mass is 35.5. The summed E-state index contributed by atoms with van der Waals surface area (Å²) in [7, 11) is 0. The number of rotatable bonds is 5. The lowest BCUT2D eigenvalue weighted by Crippen LogP contribution is -2.58. The monoisotopic (exact) mass is 451 g/mol. The Bertz CT molecular complexity index is 773. The molecule has 2 heterocycles. The van der Waals surface area contributed by atoms with E-state index >= 15 is 0 Å². The molecular formula is C22H30ClN3O5. The van der Waals surface area contributed by atoms with Gasteiger partial charge in [-0.1, -0.05) is 11.6 Å². The van der Waals surface area contributed by atoms with E-state index in [9.17, 15) is 14.7 Å². The van der Waals surface area contributed by atoms with Crippen molar-refractivity contribution in [2.45, 2.75) is 56.5 Å². The molecule has 1 aromatic rings. The average molecular weight is 452 g/mol. The summed E-state index contributed by atoms with van der Waals surface area (Å²) in [5.74, 6) is 0.647. The van der Waals surface area contributed by atoms with Crippen LogP contribution in [0.15, 0.2) is 24.3 Å². The Balaban J connectivity index is 1.38. The van der Waals surface area contributed by atoms with Gasteiger partial charge in [-0.15, -0.1) is 0 Å². The lowest BCUT2D eigenvalue weighted by molar-refractivity contribution is -0.149. The second-order valence-corrected chi connectivity index (χ2v) is 9.11. The Morgan fingerprint density at radius 1 is 1.13 bits per heavy atom. The number of amides is 3. The van der Waals surface area contributed by atoms with Gasteiger partial charge in [0.05, 0.1) is 44.4 Å². The zero-order valence-electron chi connectivity index (χ0n) is 17.5. The maximum atomic E-state index is 13.0. The smallest absolute Gasteiger partial charge is 0.322 e. The third kappa shape index (κ3) is 6.32. The summed E-state index contributed by atoms with van der Waals surface area (Å²) in [5, 5.41) is 16.7. The quantitative estimate of drug-likeness (QED) is 0.638. The highest BCUT2D eigenvalue weighted by Crippen LogP contribution is 2.29. The van der Waals surface area contributed by atoms with E-state index in [0.29, 0.717) is 35.9 Å². The van der Waals surface area contributed by atoms with Gasteiger partial charge >= 0.3 is 6.03 Å². The fourth-order valence-corrected chi connectivity index (χ4v) is 4.29. The Morgan fingerprint density at radius 3 is 2.65 bits per heavy atom. The molecule has 3 N–H and O–H groups in total. The summed E-state index contributed by atoms with van der Waals surface area (Å²) in [4.78, 5) is 26.9. The zero-order chi connectivity index (χ0) is 21.8. The van der Waals surface area contributed by atoms with Crippen molar-refractivity contribution in [2.24, 2.45) is 5.92 Å². The van der Waals surface area contributed by atoms with E-state index < -0.39 is 6.10 Å². The number of halogens is 1. The first-order chi connectivity index (χ1) is 15.0. The molecule has 0 unspecified atom stereocenters. The van der Waals surface area contributed by atoms with E-state index in [4.69, 9.17) is 21.1 Å². The van der Waals surface area contributed by atoms with Gasteiger partial charge in [-0.2, -0.15) is 0 Å². The maximum Gasteiger partial charge on any atom is 0.322 e. The molecule has 3 aliphatic rings. The fourth-order valence-electron chi connectivity index (χ4n) is 4.16. The minimum Gasteiger partial charge on any atom is -0.389 e. The lowest BCUT2D eigenvalue weighted by atomic mass is 9.95. The summed E-state index contributed by atoms with van der Waals surface area (Å²) in [5.41, 5.74) is 0.626. The fraction of sp³-hybridized carbons (Fsp3) is 0.636. The molecule has 4 atom stereocenters. The van der Waals surface area contributed by atoms with Crippen molar-refractivity contribution in [1.82, 2.24) is 10.2 Å². The van der Waals surface area contributed by atoms with E-state index in [0.717, 1.165) is 6.54 Å². The van der Waals surface area contributed by atoms with Crippen LogP contribution in [-0.2, 0) is 14.3 Å². The number of carbonyl (C=O) groups excluding carboxylic acids is 2. The molecule has 31 heavy (non-hydrogen) atoms. The van der Waals surface area contributed by atoms with Crippen molar-refractivity contribution in [1.29, 1.82) is 0 Å². The number of anilines is 1. The summed E-state index contributed by atoms with van der Waals surface area (Å²) >= 11 is 5.92. The molecule has 2 aliphatic heterocycles. The van der Waals surface area contributed by atoms with Crippen LogP contribution in [0.5, 0.6) is 0 Å². The molecule has 0 spiro atoms. The summed E-state index contributed by atoms with van der Waals surface area (Å²) in [6, 6.07) is 6.33. The van der Waals surface area contributed by atoms with Crippen molar-refractivity contribution in [2.75, 3.05) is 31.6 Å². The van der Waals surface area contributed by atoms with E-state index in [-0.39, 0.29) is 49.9 Å². The van der Waals surface area contributed by atoms with Crippen molar-refractivity contribution in [3.63, 3.8) is 0 Å². The number of nitrogens with zero attached hydrogens (tertiary/aromatic N) is 1. The van der Waals surface area contributed by atoms with Gasteiger partial charge in [0.15, 0.2) is 0 Å². The maximum absolute atomic E-state index is 13.0. The molecule has 2 saturated heterocycles. The largest absolute Gasteiger partial charge is 0.389 e. The Kier molecular flexibility index (Phi) is 7.32. The van der Waals surface area contributed by atoms with E-state index in [1.807, 2.05) is 0 Å². The molecule has 0 radical (unpaired) electrons. The van der Waals surface area contributed by atoms with Crippen molar-refractivity contribution in [3.8, 4) is 0 Å². The number of aliphatic hydroxyl groups is 1. The topological polar surface area (TPSA) is 100 Å². The highest BCUT2D eigenvalue weighted by Gasteiger charge is 2.40. The van der Waals surface area contributed by atoms with Crippen LogP contribution in [-0.4, -0.2) is 72.6 Å². The molecule has 0 aromatic heterocycles. The molecule has 4 rings (SSSR count). The minimum atomic E-state index is -0.775. The second kappa shape index (κ2) is 10.2. The number of hydrogen-bond acceptors (Lipinski definition) is 5. The van der Waals surface area contributed by atoms with Crippen LogP contribution in [0.4, 0.5) is 10.5 Å². The number of hydrogen-bond donors (Lipinski definition) is 3. The predicted molar refractivity (Wildman–Crippen MR) is 116 cm³/mol. The first-order valence-electron chi connectivity index (χ1n) is 11.0. The highest BCUT2D eigenvalue weighted by molar-refractivity contribution is 6.30. The van der Waals surface area contributed by atoms with Crippen LogP contribution in [0, 0.1) is 5.92 Å². The van der Waals surface area contributed by atoms with E-state index in [2.05, 4.69) is 10.6 Å². The minimum absolute atomic E-state index is 0.00914. The standard InChI is InChI=1S/C22H30ClN3O5/c23-15-3-5-16(6-4-15)25-22(29)26-11-17(27)12-30-13-20-19(26)8-7-18(31-20)9-21(28)24-10-14-1-2-14/h3-6,14,17-20,27H,1-2,7-13H2,(H,24,28)(H,25,29)/t17-,18-,19-,20+/m0/s1. The van der Waals surface area contributed by atoms with Gasteiger partial charge in [-0.3, -0.25) is 4.79 Å². The molecule has 1 aromatic carbocycles. The first-order valence-corrected chi connectivity index (χ1v) is 11.4. The number of fused-ring (bicyclic) bond motifs is 1. The average Bonchev–Trinajstić information content (AvgIpc) is 3.56. The molecule has 1 aliphatic carbocycles. The number of carbonyl (C=O) groups is 2. The number of aliphatic hydroxyl groups excluding tert-OH is 1. The summed E-state index contributed by atoms with van der Waals surface area (Å²) in [6.45, 7) is 1.30. The molecule has 1 saturated carbocycles. The SMILES string of the molecule is O=C(C[C@@H]1CC[C@H]2[C@@H](COC[C@@H](O)CN2C(=O)Nc2ccc(Cl)cc2)O1)NCC1CC1. The van der Waals surface area contributed by atoms with Gasteiger partial charge in [0.25, 0.3) is 0 Å². The van der Waals surface area contributed by atoms with E-state index in [1.54, 1.807) is 29.2 Å². The van der Waals surface area contributed by atoms with Crippen LogP contribution >= 0.6 is 11.6 Å². The number of nitrogens with one attached hydrogen (secondary N) is 2. The second-order valence-electron chi connectivity index (χ2n) is 8.67. The van der Waals surface area contributed by atoms with Gasteiger partial charge in [-0.05, 0) is 55.9 Å². The molecule has 8 nitrogen and oxygen atoms in total. The molecule has 9 heteroatoms. The zero-order valence-corrected chi connectivity index (χ0v) is 18.2. The van der Waals surface area contributed by atoms with Crippen LogP contribution in [0.25, 0.3) is 0 Å². The third-order valence-corrected chi connectivity index (χ3v) is 6.29. The summed E-state index contributed by atoms with van der Waals surface area (Å²) in [6.07, 6.45) is 2.72. The number of urea groups is 1. The number of β-amino-alcohol motifs (C(OH)–C–C–N with tert-alkyl or cyclic N) is 1. The van der Waals surface area contributed by atoms with Crippen molar-refractivity contribution < 1.29 is 24.2 Å². The number of ether oxygens (including phenoxy) is 2. The van der Waals surface area contributed by atoms with Crippen LogP contribution in [0.1, 0.15) is 32.1 Å². The third-order valence-electron chi connectivity index (χ3n) is 6.04. The summed E-state index contributed by atoms with van der Waals surface area (Å²) < 4.78 is 11.8. The van der Waals surface area contributed by atoms with Gasteiger partial charge in [0.2, 0.25) is 5.91 Å².